The maximum Gasteiger partial charge on any atom is 0.417 e. The number of halogens is 3. The van der Waals surface area contributed by atoms with Crippen molar-refractivity contribution in [3.8, 4) is 11.8 Å². The Kier molecular flexibility index (Phi) is 6.58. The van der Waals surface area contributed by atoms with Crippen LogP contribution in [0.15, 0.2) is 42.5 Å². The Hall–Kier alpha value is -3.74. The fourth-order valence-electron chi connectivity index (χ4n) is 3.69. The van der Waals surface area contributed by atoms with Gasteiger partial charge in [-0.05, 0) is 30.3 Å². The number of nitrogens with zero attached hydrogens (tertiary/aromatic N) is 3. The summed E-state index contributed by atoms with van der Waals surface area (Å²) >= 11 is 0. The number of carbonyl (C=O) groups is 2. The number of hydrogen-bond acceptors (Lipinski definition) is 5. The third-order valence-electron chi connectivity index (χ3n) is 5.32. The molecule has 10 heteroatoms. The Morgan fingerprint density at radius 1 is 1.19 bits per heavy atom. The predicted octanol–water partition coefficient (Wildman–Crippen LogP) is 2.66. The van der Waals surface area contributed by atoms with Crippen molar-refractivity contribution in [2.24, 2.45) is 0 Å². The lowest BCUT2D eigenvalue weighted by Gasteiger charge is -2.41. The smallest absolute Gasteiger partial charge is 0.417 e. The molecule has 0 bridgehead atoms. The Morgan fingerprint density at radius 2 is 1.91 bits per heavy atom. The van der Waals surface area contributed by atoms with Gasteiger partial charge in [-0.25, -0.2) is 0 Å². The van der Waals surface area contributed by atoms with Gasteiger partial charge < -0.3 is 19.9 Å². The Bertz CT molecular complexity index is 1070. The molecule has 0 aliphatic carbocycles. The number of hydrogen-bond donors (Lipinski definition) is 1. The number of ether oxygens (including phenoxy) is 1. The van der Waals surface area contributed by atoms with Gasteiger partial charge in [0.15, 0.2) is 0 Å². The second kappa shape index (κ2) is 9.18. The van der Waals surface area contributed by atoms with Gasteiger partial charge in [0.25, 0.3) is 5.91 Å². The molecule has 1 atom stereocenters. The number of methoxy groups -OCH3 is 1. The van der Waals surface area contributed by atoms with E-state index in [2.05, 4.69) is 5.32 Å². The monoisotopic (exact) mass is 446 g/mol. The molecule has 0 aromatic heterocycles. The molecule has 1 saturated heterocycles. The van der Waals surface area contributed by atoms with Crippen LogP contribution in [0.5, 0.6) is 5.75 Å². The van der Waals surface area contributed by atoms with Crippen molar-refractivity contribution in [2.75, 3.05) is 38.7 Å². The molecule has 2 aromatic rings. The quantitative estimate of drug-likeness (QED) is 0.781. The minimum Gasteiger partial charge on any atom is -0.496 e. The normalized spacial score (nSPS) is 16.3. The molecule has 2 aromatic carbocycles. The first-order valence-corrected chi connectivity index (χ1v) is 9.73. The number of nitriles is 1. The second-order valence-electron chi connectivity index (χ2n) is 7.11. The van der Waals surface area contributed by atoms with Crippen LogP contribution in [-0.2, 0) is 11.0 Å². The first-order chi connectivity index (χ1) is 15.2. The molecule has 168 valence electrons. The third-order valence-corrected chi connectivity index (χ3v) is 5.32. The van der Waals surface area contributed by atoms with E-state index in [0.29, 0.717) is 5.75 Å². The molecular formula is C22H21F3N4O3. The van der Waals surface area contributed by atoms with Gasteiger partial charge in [0.05, 0.1) is 29.9 Å². The van der Waals surface area contributed by atoms with Crippen molar-refractivity contribution >= 4 is 17.5 Å². The van der Waals surface area contributed by atoms with Crippen molar-refractivity contribution in [2.45, 2.75) is 12.2 Å². The first kappa shape index (κ1) is 22.9. The van der Waals surface area contributed by atoms with E-state index < -0.39 is 35.2 Å². The lowest BCUT2D eigenvalue weighted by atomic mass is 10.0. The van der Waals surface area contributed by atoms with Gasteiger partial charge in [0.2, 0.25) is 5.91 Å². The molecule has 3 rings (SSSR count). The molecule has 7 nitrogen and oxygen atoms in total. The van der Waals surface area contributed by atoms with E-state index >= 15 is 0 Å². The summed E-state index contributed by atoms with van der Waals surface area (Å²) in [6, 6.07) is 10.7. The van der Waals surface area contributed by atoms with Crippen LogP contribution in [0.3, 0.4) is 0 Å². The number of rotatable bonds is 4. The minimum atomic E-state index is -4.69. The molecule has 1 aliphatic heterocycles. The fourth-order valence-corrected chi connectivity index (χ4v) is 3.69. The van der Waals surface area contributed by atoms with E-state index in [1.54, 1.807) is 35.2 Å². The summed E-state index contributed by atoms with van der Waals surface area (Å²) in [5.41, 5.74) is -1.01. The van der Waals surface area contributed by atoms with Gasteiger partial charge in [-0.1, -0.05) is 12.1 Å². The number of likely N-dealkylation sites (N-methyl/N-ethyl adjacent to an activating group) is 1. The zero-order valence-electron chi connectivity index (χ0n) is 17.4. The van der Waals surface area contributed by atoms with Crippen molar-refractivity contribution in [3.63, 3.8) is 0 Å². The van der Waals surface area contributed by atoms with E-state index in [-0.39, 0.29) is 30.9 Å². The maximum atomic E-state index is 13.4. The largest absolute Gasteiger partial charge is 0.496 e. The standard InChI is InChI=1S/C22H21F3N4O3/c1-27-20(30)18-13-28(15-8-7-14(12-26)17(11-15)22(23,24)25)9-10-29(18)21(31)16-5-3-4-6-19(16)32-2/h3-8,11,18H,9-10,13H2,1-2H3,(H,27,30). The number of amides is 2. The van der Waals surface area contributed by atoms with Crippen LogP contribution >= 0.6 is 0 Å². The van der Waals surface area contributed by atoms with Crippen LogP contribution < -0.4 is 15.0 Å². The lowest BCUT2D eigenvalue weighted by Crippen LogP contribution is -2.60. The van der Waals surface area contributed by atoms with Crippen molar-refractivity contribution in [3.05, 3.63) is 59.2 Å². The van der Waals surface area contributed by atoms with Crippen LogP contribution in [0.4, 0.5) is 18.9 Å². The fraction of sp³-hybridized carbons (Fsp3) is 0.318. The molecule has 0 radical (unpaired) electrons. The summed E-state index contributed by atoms with van der Waals surface area (Å²) in [6.07, 6.45) is -4.69. The van der Waals surface area contributed by atoms with Gasteiger partial charge in [-0.15, -0.1) is 0 Å². The Morgan fingerprint density at radius 3 is 2.53 bits per heavy atom. The predicted molar refractivity (Wildman–Crippen MR) is 110 cm³/mol. The summed E-state index contributed by atoms with van der Waals surface area (Å²) in [4.78, 5) is 28.8. The van der Waals surface area contributed by atoms with Gasteiger partial charge in [0.1, 0.15) is 11.8 Å². The van der Waals surface area contributed by atoms with Crippen molar-refractivity contribution in [1.82, 2.24) is 10.2 Å². The second-order valence-corrected chi connectivity index (χ2v) is 7.11. The number of carbonyl (C=O) groups excluding carboxylic acids is 2. The zero-order chi connectivity index (χ0) is 23.5. The molecule has 2 amide bonds. The minimum absolute atomic E-state index is 0.0102. The average Bonchev–Trinajstić information content (AvgIpc) is 2.81. The SMILES string of the molecule is CNC(=O)C1CN(c2ccc(C#N)c(C(F)(F)F)c2)CCN1C(=O)c1ccccc1OC. The molecule has 1 unspecified atom stereocenters. The van der Waals surface area contributed by atoms with E-state index in [9.17, 15) is 22.8 Å². The van der Waals surface area contributed by atoms with E-state index in [1.807, 2.05) is 0 Å². The van der Waals surface area contributed by atoms with Gasteiger partial charge in [-0.2, -0.15) is 18.4 Å². The van der Waals surface area contributed by atoms with Gasteiger partial charge >= 0.3 is 6.18 Å². The molecule has 32 heavy (non-hydrogen) atoms. The number of para-hydroxylation sites is 1. The number of nitrogens with one attached hydrogen (secondary N) is 1. The molecule has 0 spiro atoms. The summed E-state index contributed by atoms with van der Waals surface area (Å²) in [5, 5.41) is 11.5. The van der Waals surface area contributed by atoms with Crippen LogP contribution in [-0.4, -0.2) is 56.5 Å². The summed E-state index contributed by atoms with van der Waals surface area (Å²) < 4.78 is 45.4. The summed E-state index contributed by atoms with van der Waals surface area (Å²) in [5.74, 6) is -0.494. The summed E-state index contributed by atoms with van der Waals surface area (Å²) in [7, 11) is 2.86. The number of alkyl halides is 3. The van der Waals surface area contributed by atoms with Crippen LogP contribution in [0, 0.1) is 11.3 Å². The highest BCUT2D eigenvalue weighted by Crippen LogP contribution is 2.35. The number of piperazine rings is 1. The van der Waals surface area contributed by atoms with Gasteiger partial charge in [-0.3, -0.25) is 9.59 Å². The van der Waals surface area contributed by atoms with E-state index in [1.165, 1.54) is 25.1 Å². The summed E-state index contributed by atoms with van der Waals surface area (Å²) in [6.45, 7) is 0.303. The average molecular weight is 446 g/mol. The topological polar surface area (TPSA) is 85.7 Å². The van der Waals surface area contributed by atoms with Gasteiger partial charge in [0, 0.05) is 32.4 Å². The Balaban J connectivity index is 1.92. The van der Waals surface area contributed by atoms with Crippen LogP contribution in [0.1, 0.15) is 21.5 Å². The molecule has 1 N–H and O–H groups in total. The highest BCUT2D eigenvalue weighted by Gasteiger charge is 2.38. The number of benzene rings is 2. The first-order valence-electron chi connectivity index (χ1n) is 9.73. The van der Waals surface area contributed by atoms with Crippen molar-refractivity contribution in [1.29, 1.82) is 5.26 Å². The van der Waals surface area contributed by atoms with Crippen LogP contribution in [0.25, 0.3) is 0 Å². The highest BCUT2D eigenvalue weighted by molar-refractivity contribution is 6.00. The number of anilines is 1. The van der Waals surface area contributed by atoms with E-state index in [0.717, 1.165) is 12.1 Å². The highest BCUT2D eigenvalue weighted by atomic mass is 19.4. The Labute approximate surface area is 183 Å². The maximum absolute atomic E-state index is 13.4. The molecule has 0 saturated carbocycles. The lowest BCUT2D eigenvalue weighted by molar-refractivity contribution is -0.137. The zero-order valence-corrected chi connectivity index (χ0v) is 17.4. The van der Waals surface area contributed by atoms with Crippen LogP contribution in [0.2, 0.25) is 0 Å². The molecule has 1 fully saturated rings. The van der Waals surface area contributed by atoms with Crippen molar-refractivity contribution < 1.29 is 27.5 Å². The molecule has 1 heterocycles. The molecule has 1 aliphatic rings. The third kappa shape index (κ3) is 4.46. The molecular weight excluding hydrogens is 425 g/mol. The van der Waals surface area contributed by atoms with E-state index in [4.69, 9.17) is 10.00 Å².